The van der Waals surface area contributed by atoms with Gasteiger partial charge < -0.3 is 9.88 Å². The summed E-state index contributed by atoms with van der Waals surface area (Å²) in [5, 5.41) is 3.66. The van der Waals surface area contributed by atoms with Crippen LogP contribution in [-0.4, -0.2) is 36.4 Å². The molecule has 0 radical (unpaired) electrons. The van der Waals surface area contributed by atoms with Gasteiger partial charge in [-0.1, -0.05) is 44.9 Å². The maximum atomic E-state index is 12.9. The summed E-state index contributed by atoms with van der Waals surface area (Å²) in [6.45, 7) is 4.51. The van der Waals surface area contributed by atoms with Crippen molar-refractivity contribution in [3.05, 3.63) is 20.8 Å². The van der Waals surface area contributed by atoms with Crippen LogP contribution in [0.5, 0.6) is 0 Å². The molecule has 1 aliphatic carbocycles. The van der Waals surface area contributed by atoms with E-state index in [1.165, 1.54) is 40.2 Å². The summed E-state index contributed by atoms with van der Waals surface area (Å²) in [6, 6.07) is 0.270. The Morgan fingerprint density at radius 1 is 1.17 bits per heavy atom. The summed E-state index contributed by atoms with van der Waals surface area (Å²) in [6.07, 6.45) is 6.41. The number of thioether (sulfide) groups is 1. The van der Waals surface area contributed by atoms with Crippen molar-refractivity contribution < 1.29 is 4.79 Å². The number of nitrogens with one attached hydrogen (secondary N) is 1. The number of fused-ring (bicyclic) bond motifs is 1. The zero-order chi connectivity index (χ0) is 21.1. The van der Waals surface area contributed by atoms with Crippen LogP contribution in [0.3, 0.4) is 0 Å². The zero-order valence-electron chi connectivity index (χ0n) is 17.7. The minimum atomic E-state index is -0.354. The van der Waals surface area contributed by atoms with Crippen LogP contribution in [0.2, 0.25) is 0 Å². The fourth-order valence-corrected chi connectivity index (χ4v) is 4.56. The number of aryl methyl sites for hydroxylation is 2. The molecule has 2 aromatic rings. The summed E-state index contributed by atoms with van der Waals surface area (Å²) in [7, 11) is 3.39. The van der Waals surface area contributed by atoms with Crippen molar-refractivity contribution in [3.8, 4) is 0 Å². The van der Waals surface area contributed by atoms with Crippen LogP contribution in [0.25, 0.3) is 11.2 Å². The monoisotopic (exact) mass is 421 g/mol. The van der Waals surface area contributed by atoms with Crippen LogP contribution >= 0.6 is 11.8 Å². The third-order valence-electron chi connectivity index (χ3n) is 5.55. The highest BCUT2D eigenvalue weighted by Crippen LogP contribution is 2.21. The molecular formula is C20H31N5O3S. The number of rotatable bonds is 7. The Morgan fingerprint density at radius 2 is 1.86 bits per heavy atom. The number of nitrogens with zero attached hydrogens (tertiary/aromatic N) is 4. The number of carbonyl (C=O) groups excluding carboxylic acids is 1. The summed E-state index contributed by atoms with van der Waals surface area (Å²) in [4.78, 5) is 42.4. The minimum absolute atomic E-state index is 0.0165. The SMILES string of the molecule is CC(C)CCn1c(=O)c2c(nc(SCC(=O)NC3CCCCC3)n2C)n(C)c1=O. The fraction of sp³-hybridized carbons (Fsp3) is 0.700. The van der Waals surface area contributed by atoms with Gasteiger partial charge in [-0.05, 0) is 25.2 Å². The van der Waals surface area contributed by atoms with Gasteiger partial charge in [-0.25, -0.2) is 9.78 Å². The predicted octanol–water partition coefficient (Wildman–Crippen LogP) is 2.02. The second-order valence-electron chi connectivity index (χ2n) is 8.30. The van der Waals surface area contributed by atoms with Crippen LogP contribution in [0.15, 0.2) is 14.7 Å². The Bertz CT molecular complexity index is 998. The van der Waals surface area contributed by atoms with Gasteiger partial charge in [-0.15, -0.1) is 0 Å². The number of hydrogen-bond donors (Lipinski definition) is 1. The lowest BCUT2D eigenvalue weighted by Crippen LogP contribution is -2.39. The summed E-state index contributed by atoms with van der Waals surface area (Å²) in [5.41, 5.74) is 0.0784. The third-order valence-corrected chi connectivity index (χ3v) is 6.58. The highest BCUT2D eigenvalue weighted by molar-refractivity contribution is 7.99. The van der Waals surface area contributed by atoms with E-state index in [1.54, 1.807) is 18.7 Å². The molecule has 1 fully saturated rings. The van der Waals surface area contributed by atoms with E-state index in [0.717, 1.165) is 19.3 Å². The van der Waals surface area contributed by atoms with E-state index in [1.807, 2.05) is 0 Å². The molecule has 0 aromatic carbocycles. The first-order valence-electron chi connectivity index (χ1n) is 10.4. The van der Waals surface area contributed by atoms with Gasteiger partial charge in [-0.3, -0.25) is 18.7 Å². The van der Waals surface area contributed by atoms with Crippen molar-refractivity contribution in [2.45, 2.75) is 70.1 Å². The molecule has 3 rings (SSSR count). The molecule has 2 aromatic heterocycles. The molecule has 1 N–H and O–H groups in total. The molecule has 160 valence electrons. The molecule has 0 spiro atoms. The molecule has 1 amide bonds. The summed E-state index contributed by atoms with van der Waals surface area (Å²) in [5.74, 6) is 0.614. The average molecular weight is 422 g/mol. The Kier molecular flexibility index (Phi) is 6.87. The molecule has 29 heavy (non-hydrogen) atoms. The molecule has 1 saturated carbocycles. The lowest BCUT2D eigenvalue weighted by atomic mass is 9.95. The molecular weight excluding hydrogens is 390 g/mol. The van der Waals surface area contributed by atoms with Crippen molar-refractivity contribution in [1.29, 1.82) is 0 Å². The molecule has 0 saturated heterocycles. The molecule has 0 unspecified atom stereocenters. The normalized spacial score (nSPS) is 15.3. The fourth-order valence-electron chi connectivity index (χ4n) is 3.78. The van der Waals surface area contributed by atoms with Crippen molar-refractivity contribution in [2.24, 2.45) is 20.0 Å². The maximum absolute atomic E-state index is 12.9. The van der Waals surface area contributed by atoms with Crippen molar-refractivity contribution in [3.63, 3.8) is 0 Å². The van der Waals surface area contributed by atoms with Gasteiger partial charge in [0.2, 0.25) is 5.91 Å². The van der Waals surface area contributed by atoms with Gasteiger partial charge in [-0.2, -0.15) is 0 Å². The molecule has 0 atom stereocenters. The van der Waals surface area contributed by atoms with Crippen molar-refractivity contribution in [1.82, 2.24) is 24.0 Å². The smallest absolute Gasteiger partial charge is 0.332 e. The Labute approximate surface area is 174 Å². The zero-order valence-corrected chi connectivity index (χ0v) is 18.5. The second-order valence-corrected chi connectivity index (χ2v) is 9.24. The van der Waals surface area contributed by atoms with Crippen LogP contribution in [0, 0.1) is 5.92 Å². The molecule has 0 bridgehead atoms. The largest absolute Gasteiger partial charge is 0.353 e. The number of imidazole rings is 1. The summed E-state index contributed by atoms with van der Waals surface area (Å²) < 4.78 is 4.40. The molecule has 9 heteroatoms. The molecule has 2 heterocycles. The van der Waals surface area contributed by atoms with E-state index in [0.29, 0.717) is 28.8 Å². The summed E-state index contributed by atoms with van der Waals surface area (Å²) >= 11 is 1.29. The molecule has 8 nitrogen and oxygen atoms in total. The quantitative estimate of drug-likeness (QED) is 0.691. The Hall–Kier alpha value is -2.03. The average Bonchev–Trinajstić information content (AvgIpc) is 3.02. The maximum Gasteiger partial charge on any atom is 0.332 e. The minimum Gasteiger partial charge on any atom is -0.353 e. The van der Waals surface area contributed by atoms with Gasteiger partial charge in [0.25, 0.3) is 5.56 Å². The number of hydrogen-bond acceptors (Lipinski definition) is 5. The lowest BCUT2D eigenvalue weighted by Gasteiger charge is -2.22. The van der Waals surface area contributed by atoms with Gasteiger partial charge in [0.05, 0.1) is 5.75 Å². The van der Waals surface area contributed by atoms with E-state index in [4.69, 9.17) is 0 Å². The standard InChI is InChI=1S/C20H31N5O3S/c1-13(2)10-11-25-18(27)16-17(24(4)20(25)28)22-19(23(16)3)29-12-15(26)21-14-8-6-5-7-9-14/h13-14H,5-12H2,1-4H3,(H,21,26). The van der Waals surface area contributed by atoms with Crippen LogP contribution < -0.4 is 16.6 Å². The first-order chi connectivity index (χ1) is 13.8. The van der Waals surface area contributed by atoms with Crippen molar-refractivity contribution in [2.75, 3.05) is 5.75 Å². The number of aromatic nitrogens is 4. The molecule has 0 aliphatic heterocycles. The van der Waals surface area contributed by atoms with Crippen LogP contribution in [-0.2, 0) is 25.4 Å². The van der Waals surface area contributed by atoms with Crippen molar-refractivity contribution >= 4 is 28.8 Å². The number of carbonyl (C=O) groups is 1. The predicted molar refractivity (Wildman–Crippen MR) is 115 cm³/mol. The van der Waals surface area contributed by atoms with Gasteiger partial charge >= 0.3 is 5.69 Å². The molecule has 1 aliphatic rings. The third kappa shape index (κ3) is 4.76. The van der Waals surface area contributed by atoms with Crippen LogP contribution in [0.1, 0.15) is 52.4 Å². The topological polar surface area (TPSA) is 90.9 Å². The van der Waals surface area contributed by atoms with E-state index >= 15 is 0 Å². The Balaban J connectivity index is 1.81. The first kappa shape index (κ1) is 21.7. The van der Waals surface area contributed by atoms with E-state index < -0.39 is 0 Å². The first-order valence-corrected chi connectivity index (χ1v) is 11.4. The van der Waals surface area contributed by atoms with E-state index in [2.05, 4.69) is 24.1 Å². The van der Waals surface area contributed by atoms with E-state index in [-0.39, 0.29) is 29.0 Å². The highest BCUT2D eigenvalue weighted by Gasteiger charge is 2.20. The second kappa shape index (κ2) is 9.19. The van der Waals surface area contributed by atoms with Crippen LogP contribution in [0.4, 0.5) is 0 Å². The van der Waals surface area contributed by atoms with Gasteiger partial charge in [0.1, 0.15) is 0 Å². The van der Waals surface area contributed by atoms with Gasteiger partial charge in [0, 0.05) is 26.7 Å². The van der Waals surface area contributed by atoms with E-state index in [9.17, 15) is 14.4 Å². The van der Waals surface area contributed by atoms with Gasteiger partial charge in [0.15, 0.2) is 16.3 Å². The lowest BCUT2D eigenvalue weighted by molar-refractivity contribution is -0.119. The Morgan fingerprint density at radius 3 is 2.52 bits per heavy atom. The number of amides is 1. The highest BCUT2D eigenvalue weighted by atomic mass is 32.2.